The number of carbonyl (C=O) groups is 1. The van der Waals surface area contributed by atoms with Crippen LogP contribution in [0.15, 0.2) is 41.3 Å². The molecule has 1 fully saturated rings. The lowest BCUT2D eigenvalue weighted by Crippen LogP contribution is -2.32. The van der Waals surface area contributed by atoms with Gasteiger partial charge in [-0.1, -0.05) is 31.5 Å². The molecule has 1 saturated heterocycles. The van der Waals surface area contributed by atoms with Gasteiger partial charge in [0.1, 0.15) is 4.90 Å². The van der Waals surface area contributed by atoms with Gasteiger partial charge in [-0.05, 0) is 48.7 Å². The highest BCUT2D eigenvalue weighted by Gasteiger charge is 2.33. The number of nitrogens with zero attached hydrogens (tertiary/aromatic N) is 2. The molecule has 0 aliphatic carbocycles. The Balaban J connectivity index is 1.64. The van der Waals surface area contributed by atoms with Crippen LogP contribution in [0, 0.1) is 0 Å². The average Bonchev–Trinajstić information content (AvgIpc) is 3.18. The van der Waals surface area contributed by atoms with Crippen LogP contribution in [0.2, 0.25) is 5.02 Å². The zero-order valence-electron chi connectivity index (χ0n) is 18.9. The molecule has 9 heteroatoms. The topological polar surface area (TPSA) is 76.2 Å². The van der Waals surface area contributed by atoms with Gasteiger partial charge in [-0.2, -0.15) is 4.31 Å². The first-order chi connectivity index (χ1) is 15.9. The number of hydrogen-bond donors (Lipinski definition) is 0. The lowest BCUT2D eigenvalue weighted by atomic mass is 10.0. The Bertz CT molecular complexity index is 1130. The van der Waals surface area contributed by atoms with E-state index in [1.807, 2.05) is 18.2 Å². The summed E-state index contributed by atoms with van der Waals surface area (Å²) in [5.74, 6) is 1.21. The molecule has 178 valence electrons. The molecule has 2 aliphatic heterocycles. The molecule has 0 N–H and O–H groups in total. The molecule has 4 rings (SSSR count). The van der Waals surface area contributed by atoms with Crippen LogP contribution in [-0.4, -0.2) is 56.4 Å². The van der Waals surface area contributed by atoms with Crippen molar-refractivity contribution in [2.24, 2.45) is 0 Å². The van der Waals surface area contributed by atoms with Crippen LogP contribution in [-0.2, 0) is 10.0 Å². The number of amides is 1. The Labute approximate surface area is 200 Å². The first-order valence-electron chi connectivity index (χ1n) is 11.4. The molecular weight excluding hydrogens is 464 g/mol. The number of benzene rings is 2. The normalized spacial score (nSPS) is 18.4. The van der Waals surface area contributed by atoms with Gasteiger partial charge in [0.2, 0.25) is 10.0 Å². The van der Waals surface area contributed by atoms with Crippen molar-refractivity contribution in [3.8, 4) is 11.5 Å². The van der Waals surface area contributed by atoms with Crippen molar-refractivity contribution in [2.75, 3.05) is 32.8 Å². The van der Waals surface area contributed by atoms with Crippen molar-refractivity contribution in [2.45, 2.75) is 44.0 Å². The molecular formula is C24H29ClN2O5S. The van der Waals surface area contributed by atoms with Gasteiger partial charge < -0.3 is 14.4 Å². The van der Waals surface area contributed by atoms with Crippen LogP contribution in [0.1, 0.15) is 55.1 Å². The second kappa shape index (κ2) is 9.91. The lowest BCUT2D eigenvalue weighted by molar-refractivity contribution is 0.0735. The molecule has 1 atom stereocenters. The Morgan fingerprint density at radius 3 is 2.52 bits per heavy atom. The van der Waals surface area contributed by atoms with Crippen LogP contribution in [0.5, 0.6) is 11.5 Å². The van der Waals surface area contributed by atoms with Crippen molar-refractivity contribution in [1.29, 1.82) is 0 Å². The standard InChI is InChI=1S/C24H29ClN2O5S/c1-3-26(4-2)33(29,30)23-16-18(8-10-19(23)25)24(28)27-12-5-7-20(27)17-9-11-21-22(15-17)32-14-6-13-31-21/h8-11,15-16,20H,3-7,12-14H2,1-2H3. The molecule has 2 aromatic rings. The number of sulfonamides is 1. The van der Waals surface area contributed by atoms with Crippen LogP contribution in [0.4, 0.5) is 0 Å². The molecule has 2 aliphatic rings. The highest BCUT2D eigenvalue weighted by Crippen LogP contribution is 2.39. The van der Waals surface area contributed by atoms with E-state index in [0.717, 1.165) is 30.6 Å². The maximum Gasteiger partial charge on any atom is 0.254 e. The zero-order valence-corrected chi connectivity index (χ0v) is 20.5. The summed E-state index contributed by atoms with van der Waals surface area (Å²) in [7, 11) is -3.79. The molecule has 1 unspecified atom stereocenters. The molecule has 2 aromatic carbocycles. The predicted octanol–water partition coefficient (Wildman–Crippen LogP) is 4.51. The van der Waals surface area contributed by atoms with Gasteiger partial charge in [0.25, 0.3) is 5.91 Å². The second-order valence-corrected chi connectivity index (χ2v) is 10.5. The molecule has 0 bridgehead atoms. The van der Waals surface area contributed by atoms with Crippen molar-refractivity contribution in [1.82, 2.24) is 9.21 Å². The number of fused-ring (bicyclic) bond motifs is 1. The summed E-state index contributed by atoms with van der Waals surface area (Å²) in [5.41, 5.74) is 1.29. The van der Waals surface area contributed by atoms with Gasteiger partial charge in [-0.25, -0.2) is 8.42 Å². The largest absolute Gasteiger partial charge is 0.490 e. The summed E-state index contributed by atoms with van der Waals surface area (Å²) >= 11 is 6.25. The molecule has 0 spiro atoms. The molecule has 33 heavy (non-hydrogen) atoms. The highest BCUT2D eigenvalue weighted by molar-refractivity contribution is 7.89. The van der Waals surface area contributed by atoms with Gasteiger partial charge in [0.15, 0.2) is 11.5 Å². The third-order valence-corrected chi connectivity index (χ3v) is 8.70. The van der Waals surface area contributed by atoms with E-state index in [-0.39, 0.29) is 21.9 Å². The van der Waals surface area contributed by atoms with E-state index in [2.05, 4.69) is 0 Å². The van der Waals surface area contributed by atoms with Gasteiger partial charge in [-0.15, -0.1) is 0 Å². The van der Waals surface area contributed by atoms with Gasteiger partial charge >= 0.3 is 0 Å². The molecule has 0 radical (unpaired) electrons. The fraction of sp³-hybridized carbons (Fsp3) is 0.458. The van der Waals surface area contributed by atoms with Gasteiger partial charge in [0, 0.05) is 31.6 Å². The Kier molecular flexibility index (Phi) is 7.16. The number of hydrogen-bond acceptors (Lipinski definition) is 5. The fourth-order valence-corrected chi connectivity index (χ4v) is 6.40. The van der Waals surface area contributed by atoms with Crippen LogP contribution >= 0.6 is 11.6 Å². The first-order valence-corrected chi connectivity index (χ1v) is 13.2. The number of halogens is 1. The molecule has 7 nitrogen and oxygen atoms in total. The van der Waals surface area contributed by atoms with E-state index in [4.69, 9.17) is 21.1 Å². The summed E-state index contributed by atoms with van der Waals surface area (Å²) in [6, 6.07) is 10.2. The SMILES string of the molecule is CCN(CC)S(=O)(=O)c1cc(C(=O)N2CCCC2c2ccc3c(c2)OCCCO3)ccc1Cl. The number of rotatable bonds is 6. The van der Waals surface area contributed by atoms with Crippen LogP contribution < -0.4 is 9.47 Å². The molecule has 0 saturated carbocycles. The number of likely N-dealkylation sites (tertiary alicyclic amines) is 1. The summed E-state index contributed by atoms with van der Waals surface area (Å²) in [4.78, 5) is 15.3. The third kappa shape index (κ3) is 4.69. The quantitative estimate of drug-likeness (QED) is 0.593. The van der Waals surface area contributed by atoms with E-state index >= 15 is 0 Å². The van der Waals surface area contributed by atoms with Crippen molar-refractivity contribution in [3.05, 3.63) is 52.5 Å². The Hall–Kier alpha value is -2.29. The van der Waals surface area contributed by atoms with E-state index in [1.165, 1.54) is 16.4 Å². The lowest BCUT2D eigenvalue weighted by Gasteiger charge is -2.26. The summed E-state index contributed by atoms with van der Waals surface area (Å²) in [6.07, 6.45) is 2.51. The van der Waals surface area contributed by atoms with E-state index < -0.39 is 10.0 Å². The minimum absolute atomic E-state index is 0.0370. The highest BCUT2D eigenvalue weighted by atomic mass is 35.5. The summed E-state index contributed by atoms with van der Waals surface area (Å²) in [5, 5.41) is 0.110. The van der Waals surface area contributed by atoms with Crippen molar-refractivity contribution in [3.63, 3.8) is 0 Å². The van der Waals surface area contributed by atoms with Crippen LogP contribution in [0.3, 0.4) is 0 Å². The molecule has 2 heterocycles. The molecule has 1 amide bonds. The minimum atomic E-state index is -3.79. The van der Waals surface area contributed by atoms with E-state index in [1.54, 1.807) is 24.8 Å². The number of ether oxygens (including phenoxy) is 2. The van der Waals surface area contributed by atoms with Crippen molar-refractivity contribution < 1.29 is 22.7 Å². The summed E-state index contributed by atoms with van der Waals surface area (Å²) in [6.45, 7) is 6.01. The van der Waals surface area contributed by atoms with Gasteiger partial charge in [-0.3, -0.25) is 4.79 Å². The Morgan fingerprint density at radius 2 is 1.79 bits per heavy atom. The van der Waals surface area contributed by atoms with Crippen molar-refractivity contribution >= 4 is 27.5 Å². The zero-order chi connectivity index (χ0) is 23.6. The first kappa shape index (κ1) is 23.9. The second-order valence-electron chi connectivity index (χ2n) is 8.15. The van der Waals surface area contributed by atoms with E-state index in [9.17, 15) is 13.2 Å². The predicted molar refractivity (Wildman–Crippen MR) is 127 cm³/mol. The molecule has 0 aromatic heterocycles. The van der Waals surface area contributed by atoms with E-state index in [0.29, 0.717) is 44.2 Å². The maximum absolute atomic E-state index is 13.5. The maximum atomic E-state index is 13.5. The average molecular weight is 493 g/mol. The monoisotopic (exact) mass is 492 g/mol. The summed E-state index contributed by atoms with van der Waals surface area (Å²) < 4.78 is 39.0. The van der Waals surface area contributed by atoms with Crippen LogP contribution in [0.25, 0.3) is 0 Å². The smallest absolute Gasteiger partial charge is 0.254 e. The Morgan fingerprint density at radius 1 is 1.06 bits per heavy atom. The fourth-order valence-electron chi connectivity index (χ4n) is 4.45. The number of carbonyl (C=O) groups excluding carboxylic acids is 1. The minimum Gasteiger partial charge on any atom is -0.490 e. The third-order valence-electron chi connectivity index (χ3n) is 6.17. The van der Waals surface area contributed by atoms with Gasteiger partial charge in [0.05, 0.1) is 24.3 Å².